The topological polar surface area (TPSA) is 136 Å². The van der Waals surface area contributed by atoms with Crippen LogP contribution >= 0.6 is 11.3 Å². The van der Waals surface area contributed by atoms with Crippen LogP contribution in [-0.4, -0.2) is 39.3 Å². The lowest BCUT2D eigenvalue weighted by Gasteiger charge is -2.15. The third-order valence-corrected chi connectivity index (χ3v) is 5.38. The summed E-state index contributed by atoms with van der Waals surface area (Å²) in [6.45, 7) is 0. The molecule has 9 heteroatoms. The van der Waals surface area contributed by atoms with Crippen LogP contribution in [0.1, 0.15) is 15.2 Å². The Morgan fingerprint density at radius 1 is 0.967 bits per heavy atom. The van der Waals surface area contributed by atoms with Gasteiger partial charge in [0.1, 0.15) is 16.7 Å². The summed E-state index contributed by atoms with van der Waals surface area (Å²) >= 11 is 0.956. The molecule has 3 aromatic rings. The van der Waals surface area contributed by atoms with E-state index in [0.29, 0.717) is 10.4 Å². The molecule has 0 aliphatic rings. The Labute approximate surface area is 175 Å². The Kier molecular flexibility index (Phi) is 6.33. The maximum Gasteiger partial charge on any atom is 0.348 e. The normalized spacial score (nSPS) is 11.5. The molecule has 0 bridgehead atoms. The van der Waals surface area contributed by atoms with Crippen molar-refractivity contribution < 1.29 is 29.7 Å². The van der Waals surface area contributed by atoms with Gasteiger partial charge in [-0.3, -0.25) is 0 Å². The molecule has 0 radical (unpaired) electrons. The van der Waals surface area contributed by atoms with Crippen LogP contribution in [0.15, 0.2) is 60.7 Å². The highest BCUT2D eigenvalue weighted by Gasteiger charge is 2.23. The first-order chi connectivity index (χ1) is 14.3. The maximum atomic E-state index is 12.4. The largest absolute Gasteiger partial charge is 0.508 e. The third kappa shape index (κ3) is 5.15. The Morgan fingerprint density at radius 2 is 1.63 bits per heavy atom. The first-order valence-corrected chi connectivity index (χ1v) is 9.66. The Balaban J connectivity index is 1.76. The molecule has 0 unspecified atom stereocenters. The van der Waals surface area contributed by atoms with Crippen molar-refractivity contribution >= 4 is 35.0 Å². The molecule has 1 aromatic heterocycles. The first kappa shape index (κ1) is 20.9. The molecule has 0 aliphatic heterocycles. The molecule has 8 nitrogen and oxygen atoms in total. The van der Waals surface area contributed by atoms with Crippen molar-refractivity contribution in [2.75, 3.05) is 5.32 Å². The number of nitrogens with one attached hydrogen (secondary N) is 2. The van der Waals surface area contributed by atoms with Gasteiger partial charge in [-0.2, -0.15) is 0 Å². The maximum absolute atomic E-state index is 12.4. The standard InChI is InChI=1S/C21H18N2O6S/c24-14-8-6-13(7-9-14)17-11-15(18(30-17)20(27)28)22-21(29)23-16(19(25)26)10-12-4-2-1-3-5-12/h1-9,11,16,24H,10H2,(H,25,26)(H,27,28)(H2,22,23,29)/t16-/m0/s1. The molecule has 1 atom stereocenters. The van der Waals surface area contributed by atoms with E-state index in [1.807, 2.05) is 0 Å². The summed E-state index contributed by atoms with van der Waals surface area (Å²) < 4.78 is 0. The minimum Gasteiger partial charge on any atom is -0.508 e. The zero-order chi connectivity index (χ0) is 21.7. The summed E-state index contributed by atoms with van der Waals surface area (Å²) in [5, 5.41) is 33.1. The molecular formula is C21H18N2O6S. The number of carboxylic acids is 2. The van der Waals surface area contributed by atoms with E-state index in [4.69, 9.17) is 0 Å². The van der Waals surface area contributed by atoms with E-state index in [-0.39, 0.29) is 22.7 Å². The number of rotatable bonds is 7. The van der Waals surface area contributed by atoms with Gasteiger partial charge in [0.15, 0.2) is 0 Å². The van der Waals surface area contributed by atoms with E-state index in [1.54, 1.807) is 42.5 Å². The van der Waals surface area contributed by atoms with E-state index in [1.165, 1.54) is 18.2 Å². The van der Waals surface area contributed by atoms with Gasteiger partial charge in [0, 0.05) is 11.3 Å². The van der Waals surface area contributed by atoms with Gasteiger partial charge in [-0.05, 0) is 41.5 Å². The molecule has 154 valence electrons. The molecule has 0 saturated carbocycles. The van der Waals surface area contributed by atoms with Gasteiger partial charge in [-0.1, -0.05) is 30.3 Å². The average molecular weight is 426 g/mol. The lowest BCUT2D eigenvalue weighted by Crippen LogP contribution is -2.44. The number of urea groups is 1. The van der Waals surface area contributed by atoms with Gasteiger partial charge in [0.2, 0.25) is 0 Å². The van der Waals surface area contributed by atoms with Crippen LogP contribution in [0.2, 0.25) is 0 Å². The number of carbonyl (C=O) groups excluding carboxylic acids is 1. The highest BCUT2D eigenvalue weighted by molar-refractivity contribution is 7.18. The van der Waals surface area contributed by atoms with Crippen molar-refractivity contribution in [3.8, 4) is 16.2 Å². The van der Waals surface area contributed by atoms with Gasteiger partial charge in [-0.15, -0.1) is 11.3 Å². The molecule has 0 spiro atoms. The molecule has 30 heavy (non-hydrogen) atoms. The number of hydrogen-bond donors (Lipinski definition) is 5. The van der Waals surface area contributed by atoms with Gasteiger partial charge in [0.05, 0.1) is 5.69 Å². The van der Waals surface area contributed by atoms with Crippen LogP contribution in [0.3, 0.4) is 0 Å². The number of carboxylic acid groups (broad SMARTS) is 2. The van der Waals surface area contributed by atoms with Crippen molar-refractivity contribution in [3.05, 3.63) is 71.1 Å². The molecule has 5 N–H and O–H groups in total. The minimum atomic E-state index is -1.22. The van der Waals surface area contributed by atoms with Crippen LogP contribution in [0.5, 0.6) is 5.75 Å². The number of carbonyl (C=O) groups is 3. The van der Waals surface area contributed by atoms with Gasteiger partial charge < -0.3 is 26.0 Å². The van der Waals surface area contributed by atoms with Crippen molar-refractivity contribution in [1.82, 2.24) is 5.32 Å². The molecule has 0 fully saturated rings. The second-order valence-corrected chi connectivity index (χ2v) is 7.44. The third-order valence-electron chi connectivity index (χ3n) is 4.21. The van der Waals surface area contributed by atoms with Gasteiger partial charge in [0.25, 0.3) is 0 Å². The molecule has 1 heterocycles. The predicted molar refractivity (Wildman–Crippen MR) is 112 cm³/mol. The quantitative estimate of drug-likeness (QED) is 0.391. The number of hydrogen-bond acceptors (Lipinski definition) is 5. The van der Waals surface area contributed by atoms with E-state index >= 15 is 0 Å². The fourth-order valence-electron chi connectivity index (χ4n) is 2.78. The summed E-state index contributed by atoms with van der Waals surface area (Å²) in [4.78, 5) is 36.0. The highest BCUT2D eigenvalue weighted by atomic mass is 32.1. The fraction of sp³-hybridized carbons (Fsp3) is 0.0952. The smallest absolute Gasteiger partial charge is 0.348 e. The second kappa shape index (κ2) is 9.10. The van der Waals surface area contributed by atoms with Crippen LogP contribution in [0.4, 0.5) is 10.5 Å². The van der Waals surface area contributed by atoms with E-state index in [9.17, 15) is 29.7 Å². The summed E-state index contributed by atoms with van der Waals surface area (Å²) in [6.07, 6.45) is 0.0811. The summed E-state index contributed by atoms with van der Waals surface area (Å²) in [7, 11) is 0. The Morgan fingerprint density at radius 3 is 2.23 bits per heavy atom. The number of aromatic hydroxyl groups is 1. The van der Waals surface area contributed by atoms with Crippen molar-refractivity contribution in [1.29, 1.82) is 0 Å². The molecule has 0 aliphatic carbocycles. The molecule has 2 aromatic carbocycles. The SMILES string of the molecule is O=C(Nc1cc(-c2ccc(O)cc2)sc1C(=O)O)N[C@@H](Cc1ccccc1)C(=O)O. The number of aliphatic carboxylic acids is 1. The van der Waals surface area contributed by atoms with Crippen LogP contribution in [0.25, 0.3) is 10.4 Å². The van der Waals surface area contributed by atoms with Crippen LogP contribution in [0, 0.1) is 0 Å². The predicted octanol–water partition coefficient (Wildman–Crippen LogP) is 3.64. The monoisotopic (exact) mass is 426 g/mol. The van der Waals surface area contributed by atoms with E-state index < -0.39 is 24.0 Å². The van der Waals surface area contributed by atoms with Crippen molar-refractivity contribution in [2.45, 2.75) is 12.5 Å². The summed E-state index contributed by atoms with van der Waals surface area (Å²) in [6, 6.07) is 14.5. The Hall–Kier alpha value is -3.85. The summed E-state index contributed by atoms with van der Waals surface area (Å²) in [5.74, 6) is -2.36. The number of anilines is 1. The van der Waals surface area contributed by atoms with E-state index in [2.05, 4.69) is 10.6 Å². The lowest BCUT2D eigenvalue weighted by molar-refractivity contribution is -0.139. The zero-order valence-corrected chi connectivity index (χ0v) is 16.3. The fourth-order valence-corrected chi connectivity index (χ4v) is 3.74. The molecule has 0 saturated heterocycles. The first-order valence-electron chi connectivity index (χ1n) is 8.84. The molecule has 2 amide bonds. The van der Waals surface area contributed by atoms with Crippen molar-refractivity contribution in [2.24, 2.45) is 0 Å². The number of phenols is 1. The Bertz CT molecular complexity index is 1060. The number of thiophene rings is 1. The second-order valence-electron chi connectivity index (χ2n) is 6.38. The highest BCUT2D eigenvalue weighted by Crippen LogP contribution is 2.35. The van der Waals surface area contributed by atoms with Gasteiger partial charge in [-0.25, -0.2) is 14.4 Å². The number of benzene rings is 2. The minimum absolute atomic E-state index is 0.0527. The molecular weight excluding hydrogens is 408 g/mol. The van der Waals surface area contributed by atoms with E-state index in [0.717, 1.165) is 16.9 Å². The molecule has 3 rings (SSSR count). The van der Waals surface area contributed by atoms with Gasteiger partial charge >= 0.3 is 18.0 Å². The number of phenolic OH excluding ortho intramolecular Hbond substituents is 1. The van der Waals surface area contributed by atoms with Crippen LogP contribution in [-0.2, 0) is 11.2 Å². The lowest BCUT2D eigenvalue weighted by atomic mass is 10.1. The van der Waals surface area contributed by atoms with Crippen LogP contribution < -0.4 is 10.6 Å². The average Bonchev–Trinajstić information content (AvgIpc) is 3.12. The number of aromatic carboxylic acids is 1. The summed E-state index contributed by atoms with van der Waals surface area (Å²) in [5.41, 5.74) is 1.46. The zero-order valence-electron chi connectivity index (χ0n) is 15.5. The number of amides is 2. The van der Waals surface area contributed by atoms with Crippen molar-refractivity contribution in [3.63, 3.8) is 0 Å².